The van der Waals surface area contributed by atoms with Crippen LogP contribution in [0.25, 0.3) is 11.3 Å². The molecule has 112 valence electrons. The molecule has 3 aromatic rings. The van der Waals surface area contributed by atoms with Gasteiger partial charge in [0, 0.05) is 16.6 Å². The fraction of sp³-hybridized carbons (Fsp3) is 0.125. The zero-order valence-electron chi connectivity index (χ0n) is 11.8. The Labute approximate surface area is 131 Å². The molecule has 3 N–H and O–H groups in total. The highest BCUT2D eigenvalue weighted by Crippen LogP contribution is 2.23. The Morgan fingerprint density at radius 1 is 1.27 bits per heavy atom. The maximum Gasteiger partial charge on any atom is 0.227 e. The molecule has 2 heterocycles. The number of carbonyl (C=O) groups is 1. The molecule has 22 heavy (non-hydrogen) atoms. The van der Waals surface area contributed by atoms with Gasteiger partial charge in [-0.05, 0) is 24.3 Å². The second kappa shape index (κ2) is 6.44. The maximum absolute atomic E-state index is 11.9. The van der Waals surface area contributed by atoms with Crippen LogP contribution < -0.4 is 11.1 Å². The van der Waals surface area contributed by atoms with Crippen LogP contribution in [0.4, 0.5) is 5.69 Å². The molecule has 0 bridgehead atoms. The van der Waals surface area contributed by atoms with Gasteiger partial charge in [0.05, 0.1) is 24.9 Å². The molecule has 1 aromatic carbocycles. The first-order chi connectivity index (χ1) is 10.7. The van der Waals surface area contributed by atoms with Crippen molar-refractivity contribution in [1.29, 1.82) is 0 Å². The van der Waals surface area contributed by atoms with Crippen LogP contribution in [0.1, 0.15) is 10.8 Å². The van der Waals surface area contributed by atoms with Gasteiger partial charge in [-0.3, -0.25) is 4.79 Å². The predicted octanol–water partition coefficient (Wildman–Crippen LogP) is 2.84. The Kier molecular flexibility index (Phi) is 4.20. The minimum Gasteiger partial charge on any atom is -0.467 e. The van der Waals surface area contributed by atoms with Crippen LogP contribution in [-0.4, -0.2) is 10.9 Å². The molecule has 0 radical (unpaired) electrons. The van der Waals surface area contributed by atoms with Crippen molar-refractivity contribution in [3.8, 4) is 11.3 Å². The molecule has 2 aromatic heterocycles. The largest absolute Gasteiger partial charge is 0.467 e. The second-order valence-electron chi connectivity index (χ2n) is 4.78. The molecule has 6 heteroatoms. The number of nitrogens with two attached hydrogens (primary N) is 1. The Morgan fingerprint density at radius 3 is 2.82 bits per heavy atom. The quantitative estimate of drug-likeness (QED) is 0.710. The Morgan fingerprint density at radius 2 is 2.09 bits per heavy atom. The molecule has 0 spiro atoms. The molecule has 0 aliphatic heterocycles. The normalized spacial score (nSPS) is 10.5. The van der Waals surface area contributed by atoms with Crippen LogP contribution in [0.5, 0.6) is 0 Å². The van der Waals surface area contributed by atoms with Gasteiger partial charge in [-0.25, -0.2) is 4.98 Å². The minimum absolute atomic E-state index is 0.0744. The van der Waals surface area contributed by atoms with Crippen molar-refractivity contribution in [2.75, 3.05) is 5.73 Å². The first kappa shape index (κ1) is 14.3. The topological polar surface area (TPSA) is 81.2 Å². The molecule has 0 atom stereocenters. The number of nitrogens with zero attached hydrogens (tertiary/aromatic N) is 1. The van der Waals surface area contributed by atoms with Gasteiger partial charge >= 0.3 is 0 Å². The number of thiazole rings is 1. The molecule has 0 saturated carbocycles. The summed E-state index contributed by atoms with van der Waals surface area (Å²) >= 11 is 1.47. The van der Waals surface area contributed by atoms with E-state index in [9.17, 15) is 4.79 Å². The van der Waals surface area contributed by atoms with Crippen LogP contribution in [0.2, 0.25) is 0 Å². The second-order valence-corrected chi connectivity index (χ2v) is 5.72. The van der Waals surface area contributed by atoms with Gasteiger partial charge in [0.25, 0.3) is 0 Å². The van der Waals surface area contributed by atoms with E-state index >= 15 is 0 Å². The van der Waals surface area contributed by atoms with Crippen LogP contribution in [-0.2, 0) is 17.8 Å². The van der Waals surface area contributed by atoms with Crippen LogP contribution >= 0.6 is 11.3 Å². The molecule has 0 fully saturated rings. The summed E-state index contributed by atoms with van der Waals surface area (Å²) in [6.07, 6.45) is 1.85. The number of benzene rings is 1. The summed E-state index contributed by atoms with van der Waals surface area (Å²) in [5, 5.41) is 5.53. The number of furan rings is 1. The summed E-state index contributed by atoms with van der Waals surface area (Å²) in [6.45, 7) is 0.391. The van der Waals surface area contributed by atoms with Gasteiger partial charge < -0.3 is 15.5 Å². The zero-order chi connectivity index (χ0) is 15.4. The highest BCUT2D eigenvalue weighted by molar-refractivity contribution is 7.10. The summed E-state index contributed by atoms with van der Waals surface area (Å²) in [6, 6.07) is 11.1. The standard InChI is InChI=1S/C16H15N3O2S/c17-12-5-3-11(4-6-12)14-10-22-16(19-14)8-15(20)18-9-13-2-1-7-21-13/h1-7,10H,8-9,17H2,(H,18,20). The lowest BCUT2D eigenvalue weighted by atomic mass is 10.1. The number of rotatable bonds is 5. The predicted molar refractivity (Wildman–Crippen MR) is 86.2 cm³/mol. The fourth-order valence-electron chi connectivity index (χ4n) is 1.98. The average molecular weight is 313 g/mol. The maximum atomic E-state index is 11.9. The Hall–Kier alpha value is -2.60. The van der Waals surface area contributed by atoms with Crippen molar-refractivity contribution in [2.45, 2.75) is 13.0 Å². The molecule has 5 nitrogen and oxygen atoms in total. The summed E-state index contributed by atoms with van der Waals surface area (Å²) in [4.78, 5) is 16.4. The average Bonchev–Trinajstić information content (AvgIpc) is 3.17. The van der Waals surface area contributed by atoms with Gasteiger partial charge in [0.2, 0.25) is 5.91 Å². The van der Waals surface area contributed by atoms with E-state index in [1.54, 1.807) is 12.3 Å². The van der Waals surface area contributed by atoms with Crippen molar-refractivity contribution < 1.29 is 9.21 Å². The van der Waals surface area contributed by atoms with Gasteiger partial charge in [-0.15, -0.1) is 11.3 Å². The molecule has 3 rings (SSSR count). The van der Waals surface area contributed by atoms with E-state index in [0.29, 0.717) is 6.54 Å². The lowest BCUT2D eigenvalue weighted by Crippen LogP contribution is -2.24. The number of nitrogens with one attached hydrogen (secondary N) is 1. The van der Waals surface area contributed by atoms with E-state index in [4.69, 9.17) is 10.2 Å². The van der Waals surface area contributed by atoms with E-state index in [1.807, 2.05) is 35.7 Å². The third kappa shape index (κ3) is 3.53. The smallest absolute Gasteiger partial charge is 0.227 e. The van der Waals surface area contributed by atoms with Gasteiger partial charge in [0.1, 0.15) is 10.8 Å². The first-order valence-corrected chi connectivity index (χ1v) is 7.68. The lowest BCUT2D eigenvalue weighted by molar-refractivity contribution is -0.120. The fourth-order valence-corrected chi connectivity index (χ4v) is 2.78. The molecular formula is C16H15N3O2S. The minimum atomic E-state index is -0.0744. The number of hydrogen-bond donors (Lipinski definition) is 2. The number of hydrogen-bond acceptors (Lipinski definition) is 5. The molecule has 0 unspecified atom stereocenters. The number of nitrogen functional groups attached to an aromatic ring is 1. The monoisotopic (exact) mass is 313 g/mol. The molecular weight excluding hydrogens is 298 g/mol. The Balaban J connectivity index is 1.59. The van der Waals surface area contributed by atoms with E-state index in [1.165, 1.54) is 11.3 Å². The number of aromatic nitrogens is 1. The van der Waals surface area contributed by atoms with Gasteiger partial charge in [0.15, 0.2) is 0 Å². The van der Waals surface area contributed by atoms with Gasteiger partial charge in [-0.1, -0.05) is 12.1 Å². The van der Waals surface area contributed by atoms with E-state index in [0.717, 1.165) is 27.7 Å². The summed E-state index contributed by atoms with van der Waals surface area (Å²) < 4.78 is 5.17. The number of carbonyl (C=O) groups excluding carboxylic acids is 1. The van der Waals surface area contributed by atoms with Crippen molar-refractivity contribution in [2.24, 2.45) is 0 Å². The highest BCUT2D eigenvalue weighted by Gasteiger charge is 2.09. The van der Waals surface area contributed by atoms with Crippen molar-refractivity contribution in [1.82, 2.24) is 10.3 Å². The van der Waals surface area contributed by atoms with Crippen molar-refractivity contribution in [3.63, 3.8) is 0 Å². The molecule has 0 aliphatic rings. The van der Waals surface area contributed by atoms with Gasteiger partial charge in [-0.2, -0.15) is 0 Å². The third-order valence-corrected chi connectivity index (χ3v) is 3.96. The zero-order valence-corrected chi connectivity index (χ0v) is 12.6. The van der Waals surface area contributed by atoms with E-state index in [-0.39, 0.29) is 12.3 Å². The SMILES string of the molecule is Nc1ccc(-c2csc(CC(=O)NCc3ccco3)n2)cc1. The third-order valence-electron chi connectivity index (χ3n) is 3.11. The van der Waals surface area contributed by atoms with Crippen LogP contribution in [0.15, 0.2) is 52.5 Å². The molecule has 1 amide bonds. The number of amides is 1. The number of anilines is 1. The molecule has 0 aliphatic carbocycles. The Bertz CT molecular complexity index is 748. The summed E-state index contributed by atoms with van der Waals surface area (Å²) in [5.41, 5.74) is 8.24. The summed E-state index contributed by atoms with van der Waals surface area (Å²) in [5.74, 6) is 0.657. The first-order valence-electron chi connectivity index (χ1n) is 6.80. The van der Waals surface area contributed by atoms with Crippen molar-refractivity contribution >= 4 is 22.9 Å². The van der Waals surface area contributed by atoms with Crippen molar-refractivity contribution in [3.05, 3.63) is 58.8 Å². The van der Waals surface area contributed by atoms with Crippen LogP contribution in [0, 0.1) is 0 Å². The van der Waals surface area contributed by atoms with E-state index in [2.05, 4.69) is 10.3 Å². The summed E-state index contributed by atoms with van der Waals surface area (Å²) in [7, 11) is 0. The highest BCUT2D eigenvalue weighted by atomic mass is 32.1. The molecule has 0 saturated heterocycles. The van der Waals surface area contributed by atoms with E-state index < -0.39 is 0 Å². The van der Waals surface area contributed by atoms with Crippen LogP contribution in [0.3, 0.4) is 0 Å². The lowest BCUT2D eigenvalue weighted by Gasteiger charge is -2.01.